The van der Waals surface area contributed by atoms with E-state index < -0.39 is 4.92 Å². The van der Waals surface area contributed by atoms with Gasteiger partial charge in [-0.15, -0.1) is 0 Å². The molecule has 1 amide bonds. The SMILES string of the molecule is CC(=O)Nc1cc([N+](=O)[O-])c(C(C)C)cc1C(C)C. The van der Waals surface area contributed by atoms with Crippen molar-refractivity contribution < 1.29 is 9.72 Å². The van der Waals surface area contributed by atoms with Crippen LogP contribution in [-0.4, -0.2) is 10.8 Å². The smallest absolute Gasteiger partial charge is 0.274 e. The molecule has 1 aromatic rings. The third-order valence-corrected chi connectivity index (χ3v) is 2.95. The van der Waals surface area contributed by atoms with Gasteiger partial charge in [0.1, 0.15) is 0 Å². The van der Waals surface area contributed by atoms with E-state index in [2.05, 4.69) is 5.32 Å². The number of hydrogen-bond acceptors (Lipinski definition) is 3. The van der Waals surface area contributed by atoms with Crippen molar-refractivity contribution in [1.82, 2.24) is 0 Å². The molecule has 0 heterocycles. The molecule has 0 aliphatic heterocycles. The van der Waals surface area contributed by atoms with Crippen LogP contribution < -0.4 is 5.32 Å². The molecule has 0 spiro atoms. The highest BCUT2D eigenvalue weighted by Crippen LogP contribution is 2.35. The molecule has 104 valence electrons. The summed E-state index contributed by atoms with van der Waals surface area (Å²) in [7, 11) is 0. The van der Waals surface area contributed by atoms with E-state index in [1.165, 1.54) is 13.0 Å². The minimum Gasteiger partial charge on any atom is -0.326 e. The zero-order chi connectivity index (χ0) is 14.7. The number of anilines is 1. The third kappa shape index (κ3) is 3.53. The van der Waals surface area contributed by atoms with Gasteiger partial charge in [-0.05, 0) is 23.5 Å². The second-order valence-corrected chi connectivity index (χ2v) is 5.25. The van der Waals surface area contributed by atoms with Gasteiger partial charge in [0, 0.05) is 18.6 Å². The topological polar surface area (TPSA) is 72.2 Å². The Labute approximate surface area is 113 Å². The van der Waals surface area contributed by atoms with Crippen molar-refractivity contribution >= 4 is 17.3 Å². The van der Waals surface area contributed by atoms with Gasteiger partial charge in [-0.2, -0.15) is 0 Å². The first-order chi connectivity index (χ1) is 8.73. The minimum absolute atomic E-state index is 0.0585. The predicted molar refractivity (Wildman–Crippen MR) is 75.6 cm³/mol. The molecule has 0 bridgehead atoms. The Morgan fingerprint density at radius 3 is 2.05 bits per heavy atom. The van der Waals surface area contributed by atoms with Gasteiger partial charge in [0.2, 0.25) is 5.91 Å². The lowest BCUT2D eigenvalue weighted by molar-refractivity contribution is -0.385. The van der Waals surface area contributed by atoms with Crippen LogP contribution in [0.5, 0.6) is 0 Å². The molecule has 0 saturated heterocycles. The second-order valence-electron chi connectivity index (χ2n) is 5.25. The summed E-state index contributed by atoms with van der Waals surface area (Å²) in [6.45, 7) is 9.23. The van der Waals surface area contributed by atoms with E-state index in [0.717, 1.165) is 5.56 Å². The first kappa shape index (κ1) is 15.1. The largest absolute Gasteiger partial charge is 0.326 e. The van der Waals surface area contributed by atoms with Crippen LogP contribution >= 0.6 is 0 Å². The van der Waals surface area contributed by atoms with Crippen molar-refractivity contribution in [3.05, 3.63) is 33.4 Å². The monoisotopic (exact) mass is 264 g/mol. The molecule has 1 rings (SSSR count). The summed E-state index contributed by atoms with van der Waals surface area (Å²) in [5, 5.41) is 13.8. The Morgan fingerprint density at radius 2 is 1.68 bits per heavy atom. The number of nitrogens with one attached hydrogen (secondary N) is 1. The van der Waals surface area contributed by atoms with Crippen LogP contribution in [0.4, 0.5) is 11.4 Å². The number of hydrogen-bond donors (Lipinski definition) is 1. The second kappa shape index (κ2) is 5.82. The van der Waals surface area contributed by atoms with Gasteiger partial charge >= 0.3 is 0 Å². The van der Waals surface area contributed by atoms with Crippen LogP contribution in [0.3, 0.4) is 0 Å². The molecule has 0 atom stereocenters. The molecule has 5 nitrogen and oxygen atoms in total. The molecule has 1 aromatic carbocycles. The summed E-state index contributed by atoms with van der Waals surface area (Å²) >= 11 is 0. The Bertz CT molecular complexity index is 508. The Balaban J connectivity index is 3.49. The van der Waals surface area contributed by atoms with Crippen molar-refractivity contribution in [2.75, 3.05) is 5.32 Å². The van der Waals surface area contributed by atoms with Crippen LogP contribution in [-0.2, 0) is 4.79 Å². The van der Waals surface area contributed by atoms with Crippen LogP contribution in [0, 0.1) is 10.1 Å². The number of carbonyl (C=O) groups is 1. The van der Waals surface area contributed by atoms with Crippen LogP contribution in [0.15, 0.2) is 12.1 Å². The molecule has 0 saturated carbocycles. The number of nitrogens with zero attached hydrogens (tertiary/aromatic N) is 1. The zero-order valence-corrected chi connectivity index (χ0v) is 12.0. The van der Waals surface area contributed by atoms with E-state index in [0.29, 0.717) is 11.3 Å². The van der Waals surface area contributed by atoms with Gasteiger partial charge in [-0.25, -0.2) is 0 Å². The van der Waals surface area contributed by atoms with Gasteiger partial charge < -0.3 is 5.32 Å². The molecule has 0 aliphatic carbocycles. The summed E-state index contributed by atoms with van der Waals surface area (Å²) in [4.78, 5) is 21.9. The molecule has 5 heteroatoms. The number of amides is 1. The highest BCUT2D eigenvalue weighted by molar-refractivity contribution is 5.90. The predicted octanol–water partition coefficient (Wildman–Crippen LogP) is 3.80. The van der Waals surface area contributed by atoms with E-state index >= 15 is 0 Å². The van der Waals surface area contributed by atoms with E-state index in [4.69, 9.17) is 0 Å². The highest BCUT2D eigenvalue weighted by Gasteiger charge is 2.21. The van der Waals surface area contributed by atoms with Gasteiger partial charge in [0.05, 0.1) is 10.6 Å². The number of nitro groups is 1. The van der Waals surface area contributed by atoms with Crippen LogP contribution in [0.25, 0.3) is 0 Å². The molecule has 0 aliphatic rings. The lowest BCUT2D eigenvalue weighted by Crippen LogP contribution is -2.11. The standard InChI is InChI=1S/C14H20N2O3/c1-8(2)11-6-12(9(3)4)14(16(18)19)7-13(11)15-10(5)17/h6-9H,1-5H3,(H,15,17). The minimum atomic E-state index is -0.398. The van der Waals surface area contributed by atoms with E-state index in [-0.39, 0.29) is 23.4 Å². The van der Waals surface area contributed by atoms with Crippen molar-refractivity contribution in [2.45, 2.75) is 46.5 Å². The average Bonchev–Trinajstić information content (AvgIpc) is 2.26. The lowest BCUT2D eigenvalue weighted by Gasteiger charge is -2.16. The van der Waals surface area contributed by atoms with E-state index in [1.807, 2.05) is 33.8 Å². The summed E-state index contributed by atoms with van der Waals surface area (Å²) in [5.41, 5.74) is 2.20. The maximum Gasteiger partial charge on any atom is 0.274 e. The summed E-state index contributed by atoms with van der Waals surface area (Å²) in [6.07, 6.45) is 0. The molecule has 0 radical (unpaired) electrons. The quantitative estimate of drug-likeness (QED) is 0.664. The normalized spacial score (nSPS) is 10.9. The Morgan fingerprint density at radius 1 is 1.16 bits per heavy atom. The number of carbonyl (C=O) groups excluding carboxylic acids is 1. The molecular weight excluding hydrogens is 244 g/mol. The lowest BCUT2D eigenvalue weighted by atomic mass is 9.92. The van der Waals surface area contributed by atoms with Crippen molar-refractivity contribution in [3.8, 4) is 0 Å². The summed E-state index contributed by atoms with van der Waals surface area (Å²) in [5.74, 6) is 0.0120. The average molecular weight is 264 g/mol. The summed E-state index contributed by atoms with van der Waals surface area (Å²) < 4.78 is 0. The van der Waals surface area contributed by atoms with Crippen LogP contribution in [0.1, 0.15) is 57.6 Å². The number of nitro benzene ring substituents is 1. The zero-order valence-electron chi connectivity index (χ0n) is 12.0. The van der Waals surface area contributed by atoms with Gasteiger partial charge in [0.15, 0.2) is 0 Å². The fourth-order valence-electron chi connectivity index (χ4n) is 2.02. The van der Waals surface area contributed by atoms with Crippen molar-refractivity contribution in [2.24, 2.45) is 0 Å². The third-order valence-electron chi connectivity index (χ3n) is 2.95. The Hall–Kier alpha value is -1.91. The molecule has 19 heavy (non-hydrogen) atoms. The van der Waals surface area contributed by atoms with E-state index in [1.54, 1.807) is 0 Å². The van der Waals surface area contributed by atoms with Gasteiger partial charge in [0.25, 0.3) is 5.69 Å². The molecule has 1 N–H and O–H groups in total. The highest BCUT2D eigenvalue weighted by atomic mass is 16.6. The van der Waals surface area contributed by atoms with Crippen molar-refractivity contribution in [3.63, 3.8) is 0 Å². The molecular formula is C14H20N2O3. The molecule has 0 fully saturated rings. The number of benzene rings is 1. The van der Waals surface area contributed by atoms with Crippen molar-refractivity contribution in [1.29, 1.82) is 0 Å². The molecule has 0 unspecified atom stereocenters. The Kier molecular flexibility index (Phi) is 4.64. The van der Waals surface area contributed by atoms with Gasteiger partial charge in [-0.1, -0.05) is 27.7 Å². The van der Waals surface area contributed by atoms with Crippen LogP contribution in [0.2, 0.25) is 0 Å². The van der Waals surface area contributed by atoms with E-state index in [9.17, 15) is 14.9 Å². The maximum atomic E-state index is 11.2. The fourth-order valence-corrected chi connectivity index (χ4v) is 2.02. The van der Waals surface area contributed by atoms with Gasteiger partial charge in [-0.3, -0.25) is 14.9 Å². The number of rotatable bonds is 4. The first-order valence-corrected chi connectivity index (χ1v) is 6.33. The fraction of sp³-hybridized carbons (Fsp3) is 0.500. The first-order valence-electron chi connectivity index (χ1n) is 6.33. The maximum absolute atomic E-state index is 11.2. The summed E-state index contributed by atoms with van der Waals surface area (Å²) in [6, 6.07) is 3.30. The molecule has 0 aromatic heterocycles.